The second kappa shape index (κ2) is 5.81. The van der Waals surface area contributed by atoms with Crippen LogP contribution in [0.5, 0.6) is 11.5 Å². The highest BCUT2D eigenvalue weighted by Gasteiger charge is 2.22. The Kier molecular flexibility index (Phi) is 3.88. The third-order valence-corrected chi connectivity index (χ3v) is 4.21. The minimum Gasteiger partial charge on any atom is -0.454 e. The molecule has 21 heavy (non-hydrogen) atoms. The van der Waals surface area contributed by atoms with E-state index in [1.165, 1.54) is 12.8 Å². The number of anilines is 1. The molecule has 0 saturated carbocycles. The Morgan fingerprint density at radius 1 is 1.38 bits per heavy atom. The summed E-state index contributed by atoms with van der Waals surface area (Å²) in [5, 5.41) is 2.97. The lowest BCUT2D eigenvalue weighted by molar-refractivity contribution is 0.0929. The lowest BCUT2D eigenvalue weighted by atomic mass is 10.0. The summed E-state index contributed by atoms with van der Waals surface area (Å²) >= 11 is 0. The maximum absolute atomic E-state index is 12.3. The van der Waals surface area contributed by atoms with E-state index >= 15 is 0 Å². The lowest BCUT2D eigenvalue weighted by Crippen LogP contribution is -2.44. The number of nitrogens with zero attached hydrogens (tertiary/aromatic N) is 1. The molecule has 2 heterocycles. The highest BCUT2D eigenvalue weighted by atomic mass is 16.7. The quantitative estimate of drug-likeness (QED) is 0.819. The number of hydrogen-bond acceptors (Lipinski definition) is 5. The van der Waals surface area contributed by atoms with Crippen molar-refractivity contribution in [3.63, 3.8) is 0 Å². The minimum absolute atomic E-state index is 0.162. The van der Waals surface area contributed by atoms with Gasteiger partial charge in [0.05, 0.1) is 5.56 Å². The van der Waals surface area contributed by atoms with E-state index in [4.69, 9.17) is 15.2 Å². The van der Waals surface area contributed by atoms with E-state index < -0.39 is 0 Å². The van der Waals surface area contributed by atoms with Gasteiger partial charge in [-0.25, -0.2) is 0 Å². The van der Waals surface area contributed by atoms with Crippen molar-refractivity contribution in [3.05, 3.63) is 17.7 Å². The zero-order valence-electron chi connectivity index (χ0n) is 12.2. The predicted molar refractivity (Wildman–Crippen MR) is 79.6 cm³/mol. The van der Waals surface area contributed by atoms with Crippen molar-refractivity contribution in [3.8, 4) is 11.5 Å². The molecule has 0 aliphatic carbocycles. The standard InChI is InChI=1S/C15H21N3O3/c1-18-5-3-2-4-10(18)8-17-15(19)11-6-13-14(7-12(11)16)21-9-20-13/h6-7,10H,2-5,8-9,16H2,1H3,(H,17,19). The van der Waals surface area contributed by atoms with Crippen molar-refractivity contribution in [2.45, 2.75) is 25.3 Å². The normalized spacial score (nSPS) is 21.3. The maximum atomic E-state index is 12.3. The number of likely N-dealkylation sites (tertiary alicyclic amines) is 1. The fourth-order valence-electron chi connectivity index (χ4n) is 2.86. The van der Waals surface area contributed by atoms with Crippen LogP contribution < -0.4 is 20.5 Å². The summed E-state index contributed by atoms with van der Waals surface area (Å²) in [4.78, 5) is 14.6. The van der Waals surface area contributed by atoms with E-state index in [1.807, 2.05) is 0 Å². The highest BCUT2D eigenvalue weighted by Crippen LogP contribution is 2.35. The number of benzene rings is 1. The van der Waals surface area contributed by atoms with Gasteiger partial charge in [0, 0.05) is 24.3 Å². The highest BCUT2D eigenvalue weighted by molar-refractivity contribution is 6.00. The summed E-state index contributed by atoms with van der Waals surface area (Å²) in [5.41, 5.74) is 6.78. The molecule has 1 saturated heterocycles. The van der Waals surface area contributed by atoms with Crippen LogP contribution >= 0.6 is 0 Å². The molecule has 1 atom stereocenters. The van der Waals surface area contributed by atoms with Crippen LogP contribution in [0.15, 0.2) is 12.1 Å². The van der Waals surface area contributed by atoms with E-state index in [0.717, 1.165) is 13.0 Å². The summed E-state index contributed by atoms with van der Waals surface area (Å²) in [5.74, 6) is 1.00. The molecule has 1 aromatic rings. The van der Waals surface area contributed by atoms with Crippen molar-refractivity contribution in [1.82, 2.24) is 10.2 Å². The SMILES string of the molecule is CN1CCCCC1CNC(=O)c1cc2c(cc1N)OCO2. The summed E-state index contributed by atoms with van der Waals surface area (Å²) in [6.07, 6.45) is 3.57. The van der Waals surface area contributed by atoms with E-state index in [2.05, 4.69) is 17.3 Å². The number of likely N-dealkylation sites (N-methyl/N-ethyl adjacent to an activating group) is 1. The smallest absolute Gasteiger partial charge is 0.253 e. The van der Waals surface area contributed by atoms with Gasteiger partial charge in [-0.15, -0.1) is 0 Å². The fourth-order valence-corrected chi connectivity index (χ4v) is 2.86. The number of hydrogen-bond donors (Lipinski definition) is 2. The first kappa shape index (κ1) is 14.0. The summed E-state index contributed by atoms with van der Waals surface area (Å²) in [6, 6.07) is 3.69. The number of ether oxygens (including phenoxy) is 2. The van der Waals surface area contributed by atoms with Crippen molar-refractivity contribution in [1.29, 1.82) is 0 Å². The molecule has 6 heteroatoms. The summed E-state index contributed by atoms with van der Waals surface area (Å²) < 4.78 is 10.5. The molecule has 0 spiro atoms. The number of nitrogens with one attached hydrogen (secondary N) is 1. The van der Waals surface area contributed by atoms with Gasteiger partial charge in [-0.05, 0) is 32.5 Å². The van der Waals surface area contributed by atoms with Gasteiger partial charge in [0.1, 0.15) is 0 Å². The van der Waals surface area contributed by atoms with Crippen molar-refractivity contribution >= 4 is 11.6 Å². The maximum Gasteiger partial charge on any atom is 0.253 e. The minimum atomic E-state index is -0.162. The Morgan fingerprint density at radius 2 is 2.14 bits per heavy atom. The molecule has 2 aliphatic heterocycles. The Labute approximate surface area is 124 Å². The second-order valence-electron chi connectivity index (χ2n) is 5.63. The van der Waals surface area contributed by atoms with Gasteiger partial charge in [0.2, 0.25) is 6.79 Å². The number of rotatable bonds is 3. The summed E-state index contributed by atoms with van der Waals surface area (Å²) in [7, 11) is 2.10. The van der Waals surface area contributed by atoms with Crippen molar-refractivity contribution < 1.29 is 14.3 Å². The zero-order chi connectivity index (χ0) is 14.8. The lowest BCUT2D eigenvalue weighted by Gasteiger charge is -2.32. The topological polar surface area (TPSA) is 76.8 Å². The van der Waals surface area contributed by atoms with Crippen LogP contribution in [0.4, 0.5) is 5.69 Å². The van der Waals surface area contributed by atoms with Gasteiger partial charge >= 0.3 is 0 Å². The van der Waals surface area contributed by atoms with Crippen LogP contribution in [0.2, 0.25) is 0 Å². The molecule has 3 N–H and O–H groups in total. The largest absolute Gasteiger partial charge is 0.454 e. The number of nitrogens with two attached hydrogens (primary N) is 1. The fraction of sp³-hybridized carbons (Fsp3) is 0.533. The number of piperidine rings is 1. The average molecular weight is 291 g/mol. The molecular formula is C15H21N3O3. The van der Waals surface area contributed by atoms with E-state index in [1.54, 1.807) is 12.1 Å². The van der Waals surface area contributed by atoms with Gasteiger partial charge in [-0.1, -0.05) is 6.42 Å². The first-order valence-corrected chi connectivity index (χ1v) is 7.32. The van der Waals surface area contributed by atoms with Gasteiger partial charge in [-0.3, -0.25) is 4.79 Å². The number of carbonyl (C=O) groups is 1. The third-order valence-electron chi connectivity index (χ3n) is 4.21. The Hall–Kier alpha value is -1.95. The number of amides is 1. The van der Waals surface area contributed by atoms with Crippen LogP contribution in [0.1, 0.15) is 29.6 Å². The van der Waals surface area contributed by atoms with Gasteiger partial charge in [0.15, 0.2) is 11.5 Å². The van der Waals surface area contributed by atoms with Crippen LogP contribution in [0.3, 0.4) is 0 Å². The molecule has 0 radical (unpaired) electrons. The molecule has 0 bridgehead atoms. The van der Waals surface area contributed by atoms with E-state index in [-0.39, 0.29) is 12.7 Å². The number of carbonyl (C=O) groups excluding carboxylic acids is 1. The van der Waals surface area contributed by atoms with Crippen LogP contribution in [0, 0.1) is 0 Å². The first-order valence-electron chi connectivity index (χ1n) is 7.32. The van der Waals surface area contributed by atoms with E-state index in [0.29, 0.717) is 35.3 Å². The van der Waals surface area contributed by atoms with Crippen molar-refractivity contribution in [2.24, 2.45) is 0 Å². The molecular weight excluding hydrogens is 270 g/mol. The van der Waals surface area contributed by atoms with Crippen LogP contribution in [0.25, 0.3) is 0 Å². The zero-order valence-corrected chi connectivity index (χ0v) is 12.2. The number of nitrogen functional groups attached to an aromatic ring is 1. The van der Waals surface area contributed by atoms with E-state index in [9.17, 15) is 4.79 Å². The molecule has 3 rings (SSSR count). The molecule has 6 nitrogen and oxygen atoms in total. The molecule has 2 aliphatic rings. The molecule has 114 valence electrons. The molecule has 1 unspecified atom stereocenters. The molecule has 1 aromatic carbocycles. The molecule has 1 amide bonds. The monoisotopic (exact) mass is 291 g/mol. The van der Waals surface area contributed by atoms with Gasteiger partial charge < -0.3 is 25.4 Å². The number of fused-ring (bicyclic) bond motifs is 1. The van der Waals surface area contributed by atoms with Crippen LogP contribution in [-0.4, -0.2) is 43.8 Å². The summed E-state index contributed by atoms with van der Waals surface area (Å²) in [6.45, 7) is 1.91. The third kappa shape index (κ3) is 2.90. The predicted octanol–water partition coefficient (Wildman–Crippen LogP) is 1.21. The Balaban J connectivity index is 1.65. The Morgan fingerprint density at radius 3 is 2.90 bits per heavy atom. The van der Waals surface area contributed by atoms with Crippen LogP contribution in [-0.2, 0) is 0 Å². The Bertz CT molecular complexity index is 547. The van der Waals surface area contributed by atoms with Gasteiger partial charge in [0.25, 0.3) is 5.91 Å². The second-order valence-corrected chi connectivity index (χ2v) is 5.63. The van der Waals surface area contributed by atoms with Gasteiger partial charge in [-0.2, -0.15) is 0 Å². The first-order chi connectivity index (χ1) is 10.1. The molecule has 0 aromatic heterocycles. The average Bonchev–Trinajstić information content (AvgIpc) is 2.92. The van der Waals surface area contributed by atoms with Crippen molar-refractivity contribution in [2.75, 3.05) is 32.7 Å². The molecule has 1 fully saturated rings.